The van der Waals surface area contributed by atoms with Crippen LogP contribution >= 0.6 is 11.6 Å². The van der Waals surface area contributed by atoms with Gasteiger partial charge in [0.15, 0.2) is 0 Å². The second-order valence-electron chi connectivity index (χ2n) is 4.38. The lowest BCUT2D eigenvalue weighted by Crippen LogP contribution is -2.28. The highest BCUT2D eigenvalue weighted by Gasteiger charge is 2.16. The molecule has 0 aromatic heterocycles. The van der Waals surface area contributed by atoms with Gasteiger partial charge in [0, 0.05) is 24.2 Å². The Hall–Kier alpha value is -1.37. The quantitative estimate of drug-likeness (QED) is 0.644. The lowest BCUT2D eigenvalue weighted by atomic mass is 10.2. The molecule has 0 aliphatic rings. The molecule has 20 heavy (non-hydrogen) atoms. The van der Waals surface area contributed by atoms with Gasteiger partial charge in [-0.05, 0) is 31.0 Å². The minimum atomic E-state index is -3.90. The first-order valence-corrected chi connectivity index (χ1v) is 7.88. The summed E-state index contributed by atoms with van der Waals surface area (Å²) in [5, 5.41) is 5.20. The maximum absolute atomic E-state index is 12.2. The van der Waals surface area contributed by atoms with Crippen LogP contribution in [0.4, 0.5) is 0 Å². The molecule has 0 spiro atoms. The van der Waals surface area contributed by atoms with Crippen molar-refractivity contribution in [1.29, 1.82) is 0 Å². The summed E-state index contributed by atoms with van der Waals surface area (Å²) in [4.78, 5) is 13.5. The van der Waals surface area contributed by atoms with Crippen LogP contribution in [0.25, 0.3) is 0 Å². The van der Waals surface area contributed by atoms with Crippen LogP contribution in [0.1, 0.15) is 23.2 Å². The maximum Gasteiger partial charge on any atom is 0.253 e. The molecule has 0 unspecified atom stereocenters. The van der Waals surface area contributed by atoms with Gasteiger partial charge in [0.25, 0.3) is 5.91 Å². The van der Waals surface area contributed by atoms with Crippen molar-refractivity contribution >= 4 is 27.5 Å². The minimum Gasteiger partial charge on any atom is -0.342 e. The summed E-state index contributed by atoms with van der Waals surface area (Å²) >= 11 is 5.83. The molecule has 2 N–H and O–H groups in total. The number of benzene rings is 1. The number of halogens is 1. The summed E-state index contributed by atoms with van der Waals surface area (Å²) < 4.78 is 22.6. The molecule has 7 heteroatoms. The summed E-state index contributed by atoms with van der Waals surface area (Å²) in [6, 6.07) is 3.86. The van der Waals surface area contributed by atoms with Gasteiger partial charge < -0.3 is 4.90 Å². The highest BCUT2D eigenvalue weighted by atomic mass is 35.5. The topological polar surface area (TPSA) is 80.5 Å². The van der Waals surface area contributed by atoms with Gasteiger partial charge in [-0.25, -0.2) is 13.6 Å². The van der Waals surface area contributed by atoms with E-state index in [1.165, 1.54) is 23.1 Å². The third-order valence-corrected chi connectivity index (χ3v) is 3.81. The van der Waals surface area contributed by atoms with E-state index in [0.717, 1.165) is 12.8 Å². The Kier molecular flexibility index (Phi) is 5.74. The average molecular weight is 317 g/mol. The molecule has 0 aliphatic heterocycles. The average Bonchev–Trinajstić information content (AvgIpc) is 2.36. The van der Waals surface area contributed by atoms with Crippen LogP contribution in [0, 0.1) is 0 Å². The summed E-state index contributed by atoms with van der Waals surface area (Å²) in [5.41, 5.74) is 0.197. The SMILES string of the molecule is C=CCCCN(C)C(=O)c1cc(Cl)cc(S(N)(=O)=O)c1. The largest absolute Gasteiger partial charge is 0.342 e. The number of amides is 1. The number of nitrogens with zero attached hydrogens (tertiary/aromatic N) is 1. The predicted molar refractivity (Wildman–Crippen MR) is 79.2 cm³/mol. The number of sulfonamides is 1. The first-order chi connectivity index (χ1) is 9.25. The zero-order valence-electron chi connectivity index (χ0n) is 11.2. The van der Waals surface area contributed by atoms with E-state index in [1.54, 1.807) is 13.1 Å². The van der Waals surface area contributed by atoms with Gasteiger partial charge in [0.05, 0.1) is 4.90 Å². The lowest BCUT2D eigenvalue weighted by molar-refractivity contribution is 0.0793. The lowest BCUT2D eigenvalue weighted by Gasteiger charge is -2.17. The molecule has 0 saturated carbocycles. The third-order valence-electron chi connectivity index (χ3n) is 2.70. The van der Waals surface area contributed by atoms with Crippen LogP contribution in [0.15, 0.2) is 35.7 Å². The van der Waals surface area contributed by atoms with Gasteiger partial charge in [-0.2, -0.15) is 0 Å². The standard InChI is InChI=1S/C13H17ClN2O3S/c1-3-4-5-6-16(2)13(17)10-7-11(14)9-12(8-10)20(15,18)19/h3,7-9H,1,4-6H2,2H3,(H2,15,18,19). The van der Waals surface area contributed by atoms with Crippen molar-refractivity contribution in [2.24, 2.45) is 5.14 Å². The molecule has 0 atom stereocenters. The number of hydrogen-bond donors (Lipinski definition) is 1. The van der Waals surface area contributed by atoms with Crippen LogP contribution in [-0.4, -0.2) is 32.8 Å². The fraction of sp³-hybridized carbons (Fsp3) is 0.308. The Morgan fingerprint density at radius 2 is 2.10 bits per heavy atom. The Balaban J connectivity index is 2.98. The molecule has 0 radical (unpaired) electrons. The molecule has 0 bridgehead atoms. The van der Waals surface area contributed by atoms with Crippen molar-refractivity contribution in [3.8, 4) is 0 Å². The fourth-order valence-corrected chi connectivity index (χ4v) is 2.53. The maximum atomic E-state index is 12.2. The van der Waals surface area contributed by atoms with Crippen LogP contribution in [0.5, 0.6) is 0 Å². The summed E-state index contributed by atoms with van der Waals surface area (Å²) in [6.07, 6.45) is 3.36. The van der Waals surface area contributed by atoms with Gasteiger partial charge in [-0.3, -0.25) is 4.79 Å². The van der Waals surface area contributed by atoms with Crippen LogP contribution < -0.4 is 5.14 Å². The van der Waals surface area contributed by atoms with Gasteiger partial charge >= 0.3 is 0 Å². The van der Waals surface area contributed by atoms with E-state index in [1.807, 2.05) is 0 Å². The Morgan fingerprint density at radius 3 is 2.65 bits per heavy atom. The summed E-state index contributed by atoms with van der Waals surface area (Å²) in [7, 11) is -2.25. The van der Waals surface area contributed by atoms with E-state index in [0.29, 0.717) is 6.54 Å². The van der Waals surface area contributed by atoms with Crippen molar-refractivity contribution in [2.75, 3.05) is 13.6 Å². The van der Waals surface area contributed by atoms with Gasteiger partial charge in [0.1, 0.15) is 0 Å². The number of primary sulfonamides is 1. The van der Waals surface area contributed by atoms with Crippen molar-refractivity contribution in [3.63, 3.8) is 0 Å². The molecule has 0 fully saturated rings. The van der Waals surface area contributed by atoms with Crippen molar-refractivity contribution in [3.05, 3.63) is 41.4 Å². The monoisotopic (exact) mass is 316 g/mol. The van der Waals surface area contributed by atoms with E-state index < -0.39 is 10.0 Å². The molecule has 5 nitrogen and oxygen atoms in total. The molecule has 0 aliphatic carbocycles. The van der Waals surface area contributed by atoms with Gasteiger partial charge in [0.2, 0.25) is 10.0 Å². The van der Waals surface area contributed by atoms with Crippen molar-refractivity contribution in [1.82, 2.24) is 4.90 Å². The number of nitrogens with two attached hydrogens (primary N) is 1. The van der Waals surface area contributed by atoms with Crippen molar-refractivity contribution in [2.45, 2.75) is 17.7 Å². The van der Waals surface area contributed by atoms with E-state index in [2.05, 4.69) is 6.58 Å². The number of hydrogen-bond acceptors (Lipinski definition) is 3. The molecule has 0 saturated heterocycles. The number of carbonyl (C=O) groups is 1. The molecule has 0 heterocycles. The zero-order valence-corrected chi connectivity index (χ0v) is 12.7. The molecular weight excluding hydrogens is 300 g/mol. The normalized spacial score (nSPS) is 11.2. The van der Waals surface area contributed by atoms with Crippen LogP contribution in [0.2, 0.25) is 5.02 Å². The molecular formula is C13H17ClN2O3S. The second kappa shape index (κ2) is 6.88. The second-order valence-corrected chi connectivity index (χ2v) is 6.38. The van der Waals surface area contributed by atoms with Gasteiger partial charge in [-0.15, -0.1) is 6.58 Å². The first-order valence-electron chi connectivity index (χ1n) is 5.95. The van der Waals surface area contributed by atoms with Crippen molar-refractivity contribution < 1.29 is 13.2 Å². The zero-order chi connectivity index (χ0) is 15.3. The molecule has 1 aromatic carbocycles. The number of allylic oxidation sites excluding steroid dienone is 1. The van der Waals surface area contributed by atoms with Gasteiger partial charge in [-0.1, -0.05) is 17.7 Å². The first kappa shape index (κ1) is 16.7. The highest BCUT2D eigenvalue weighted by molar-refractivity contribution is 7.89. The van der Waals surface area contributed by atoms with E-state index in [4.69, 9.17) is 16.7 Å². The summed E-state index contributed by atoms with van der Waals surface area (Å²) in [6.45, 7) is 4.15. The van der Waals surface area contributed by atoms with Crippen LogP contribution in [0.3, 0.4) is 0 Å². The molecule has 1 aromatic rings. The van der Waals surface area contributed by atoms with Crippen LogP contribution in [-0.2, 0) is 10.0 Å². The number of unbranched alkanes of at least 4 members (excludes halogenated alkanes) is 1. The molecule has 1 amide bonds. The third kappa shape index (κ3) is 4.63. The number of carbonyl (C=O) groups excluding carboxylic acids is 1. The Morgan fingerprint density at radius 1 is 1.45 bits per heavy atom. The molecule has 1 rings (SSSR count). The Bertz CT molecular complexity index is 614. The highest BCUT2D eigenvalue weighted by Crippen LogP contribution is 2.19. The smallest absolute Gasteiger partial charge is 0.253 e. The van der Waals surface area contributed by atoms with E-state index in [9.17, 15) is 13.2 Å². The van der Waals surface area contributed by atoms with E-state index >= 15 is 0 Å². The number of rotatable bonds is 6. The minimum absolute atomic E-state index is 0.152. The molecule has 110 valence electrons. The summed E-state index contributed by atoms with van der Waals surface area (Å²) in [5.74, 6) is -0.304. The van der Waals surface area contributed by atoms with E-state index in [-0.39, 0.29) is 21.4 Å². The Labute approximate surface area is 124 Å². The fourth-order valence-electron chi connectivity index (χ4n) is 1.65. The predicted octanol–water partition coefficient (Wildman–Crippen LogP) is 2.03.